The molecule has 4 rings (SSSR count). The highest BCUT2D eigenvalue weighted by atomic mass is 16.5. The van der Waals surface area contributed by atoms with Crippen LogP contribution in [0.5, 0.6) is 0 Å². The van der Waals surface area contributed by atoms with Gasteiger partial charge in [0.05, 0.1) is 18.8 Å². The van der Waals surface area contributed by atoms with E-state index < -0.39 is 0 Å². The van der Waals surface area contributed by atoms with Crippen LogP contribution in [0.3, 0.4) is 0 Å². The molecule has 1 N–H and O–H groups in total. The van der Waals surface area contributed by atoms with Crippen molar-refractivity contribution in [2.75, 3.05) is 40.3 Å². The highest BCUT2D eigenvalue weighted by molar-refractivity contribution is 5.86. The average molecular weight is 371 g/mol. The van der Waals surface area contributed by atoms with Crippen LogP contribution in [0.1, 0.15) is 18.5 Å². The molecule has 0 radical (unpaired) electrons. The molecule has 7 nitrogen and oxygen atoms in total. The predicted molar refractivity (Wildman–Crippen MR) is 103 cm³/mol. The molecule has 0 saturated carbocycles. The summed E-state index contributed by atoms with van der Waals surface area (Å²) in [5.41, 5.74) is 1.00. The highest BCUT2D eigenvalue weighted by Crippen LogP contribution is 2.47. The van der Waals surface area contributed by atoms with Crippen LogP contribution in [0.2, 0.25) is 0 Å². The van der Waals surface area contributed by atoms with E-state index >= 15 is 0 Å². The fourth-order valence-electron chi connectivity index (χ4n) is 4.71. The van der Waals surface area contributed by atoms with Crippen molar-refractivity contribution < 1.29 is 9.53 Å². The number of ether oxygens (including phenoxy) is 1. The molecule has 3 fully saturated rings. The molecule has 3 saturated heterocycles. The van der Waals surface area contributed by atoms with Gasteiger partial charge in [-0.05, 0) is 25.0 Å². The lowest BCUT2D eigenvalue weighted by molar-refractivity contribution is -0.128. The Hall–Kier alpha value is -2.15. The number of carbonyl (C=O) groups excluding carboxylic acids is 1. The Morgan fingerprint density at radius 1 is 1.33 bits per heavy atom. The molecule has 0 aromatic carbocycles. The second-order valence-electron chi connectivity index (χ2n) is 7.81. The molecular weight excluding hydrogens is 342 g/mol. The third-order valence-electron chi connectivity index (χ3n) is 6.22. The second-order valence-corrected chi connectivity index (χ2v) is 7.81. The normalized spacial score (nSPS) is 29.1. The van der Waals surface area contributed by atoms with E-state index in [9.17, 15) is 4.79 Å². The van der Waals surface area contributed by atoms with Crippen LogP contribution < -0.4 is 5.32 Å². The van der Waals surface area contributed by atoms with Gasteiger partial charge < -0.3 is 19.9 Å². The van der Waals surface area contributed by atoms with Gasteiger partial charge in [-0.3, -0.25) is 14.8 Å². The van der Waals surface area contributed by atoms with Crippen molar-refractivity contribution in [3.8, 4) is 0 Å². The largest absolute Gasteiger partial charge is 0.374 e. The molecule has 7 heteroatoms. The number of amides is 1. The molecule has 0 aliphatic carbocycles. The Kier molecular flexibility index (Phi) is 5.29. The number of fused-ring (bicyclic) bond motifs is 5. The molecule has 0 spiro atoms. The zero-order valence-electron chi connectivity index (χ0n) is 16.2. The fraction of sp³-hybridized carbons (Fsp3) is 0.650. The van der Waals surface area contributed by atoms with Gasteiger partial charge in [0.2, 0.25) is 5.91 Å². The Labute approximate surface area is 160 Å². The zero-order chi connectivity index (χ0) is 18.8. The summed E-state index contributed by atoms with van der Waals surface area (Å²) in [7, 11) is 3.63. The first kappa shape index (κ1) is 18.2. The van der Waals surface area contributed by atoms with Gasteiger partial charge in [0.1, 0.15) is 0 Å². The summed E-state index contributed by atoms with van der Waals surface area (Å²) in [5, 5.41) is 3.26. The van der Waals surface area contributed by atoms with Crippen LogP contribution in [0.15, 0.2) is 29.4 Å². The SMILES string of the molecule is CN=C(NCC(=O)N(C)CCc1ccccn1)N1CC2C3CCC(O3)C2C1. The molecule has 4 atom stereocenters. The minimum Gasteiger partial charge on any atom is -0.374 e. The van der Waals surface area contributed by atoms with E-state index in [-0.39, 0.29) is 12.5 Å². The van der Waals surface area contributed by atoms with Crippen molar-refractivity contribution in [2.45, 2.75) is 31.5 Å². The first-order chi connectivity index (χ1) is 13.2. The van der Waals surface area contributed by atoms with Crippen LogP contribution in [-0.4, -0.2) is 79.1 Å². The summed E-state index contributed by atoms with van der Waals surface area (Å²) in [4.78, 5) is 25.2. The van der Waals surface area contributed by atoms with E-state index in [2.05, 4.69) is 20.2 Å². The molecule has 3 aliphatic heterocycles. The van der Waals surface area contributed by atoms with Crippen molar-refractivity contribution >= 4 is 11.9 Å². The van der Waals surface area contributed by atoms with E-state index in [1.165, 1.54) is 12.8 Å². The Morgan fingerprint density at radius 3 is 2.70 bits per heavy atom. The van der Waals surface area contributed by atoms with Gasteiger partial charge in [0, 0.05) is 63.9 Å². The maximum Gasteiger partial charge on any atom is 0.241 e. The minimum absolute atomic E-state index is 0.0647. The predicted octanol–water partition coefficient (Wildman–Crippen LogP) is 0.767. The van der Waals surface area contributed by atoms with Crippen LogP contribution in [0, 0.1) is 11.8 Å². The number of nitrogens with zero attached hydrogens (tertiary/aromatic N) is 4. The number of aliphatic imine (C=N–C) groups is 1. The first-order valence-corrected chi connectivity index (χ1v) is 9.90. The van der Waals surface area contributed by atoms with Crippen molar-refractivity contribution in [1.82, 2.24) is 20.1 Å². The molecule has 1 aromatic rings. The van der Waals surface area contributed by atoms with Gasteiger partial charge in [-0.1, -0.05) is 6.07 Å². The lowest BCUT2D eigenvalue weighted by atomic mass is 9.82. The lowest BCUT2D eigenvalue weighted by Gasteiger charge is -2.24. The van der Waals surface area contributed by atoms with Crippen LogP contribution in [0.4, 0.5) is 0 Å². The number of likely N-dealkylation sites (tertiary alicyclic amines) is 1. The number of carbonyl (C=O) groups is 1. The standard InChI is InChI=1S/C20H29N5O2/c1-21-20(25-12-15-16(13-25)18-7-6-17(15)27-18)23-11-19(26)24(2)10-8-14-5-3-4-9-22-14/h3-5,9,15-18H,6-8,10-13H2,1-2H3,(H,21,23). The topological polar surface area (TPSA) is 70.1 Å². The molecule has 2 bridgehead atoms. The van der Waals surface area contributed by atoms with E-state index in [4.69, 9.17) is 4.74 Å². The van der Waals surface area contributed by atoms with Gasteiger partial charge in [-0.25, -0.2) is 0 Å². The van der Waals surface area contributed by atoms with Crippen molar-refractivity contribution in [3.63, 3.8) is 0 Å². The van der Waals surface area contributed by atoms with E-state index in [0.717, 1.165) is 31.2 Å². The summed E-state index contributed by atoms with van der Waals surface area (Å²) >= 11 is 0. The van der Waals surface area contributed by atoms with Gasteiger partial charge in [-0.2, -0.15) is 0 Å². The lowest BCUT2D eigenvalue weighted by Crippen LogP contribution is -2.46. The maximum absolute atomic E-state index is 12.5. The highest BCUT2D eigenvalue weighted by Gasteiger charge is 2.53. The Bertz CT molecular complexity index is 677. The van der Waals surface area contributed by atoms with Gasteiger partial charge in [0.15, 0.2) is 5.96 Å². The zero-order valence-corrected chi connectivity index (χ0v) is 16.2. The van der Waals surface area contributed by atoms with Gasteiger partial charge >= 0.3 is 0 Å². The molecule has 4 unspecified atom stereocenters. The molecule has 1 amide bonds. The van der Waals surface area contributed by atoms with Crippen LogP contribution in [0.25, 0.3) is 0 Å². The van der Waals surface area contributed by atoms with E-state index in [1.54, 1.807) is 18.1 Å². The molecule has 3 aliphatic rings. The third-order valence-corrected chi connectivity index (χ3v) is 6.22. The van der Waals surface area contributed by atoms with E-state index in [0.29, 0.717) is 30.6 Å². The van der Waals surface area contributed by atoms with Gasteiger partial charge in [-0.15, -0.1) is 0 Å². The van der Waals surface area contributed by atoms with Crippen molar-refractivity contribution in [1.29, 1.82) is 0 Å². The van der Waals surface area contributed by atoms with Crippen LogP contribution in [-0.2, 0) is 16.0 Å². The number of aromatic nitrogens is 1. The number of nitrogens with one attached hydrogen (secondary N) is 1. The smallest absolute Gasteiger partial charge is 0.241 e. The second kappa shape index (κ2) is 7.84. The third kappa shape index (κ3) is 3.78. The Morgan fingerprint density at radius 2 is 2.07 bits per heavy atom. The number of hydrogen-bond acceptors (Lipinski definition) is 4. The monoisotopic (exact) mass is 371 g/mol. The number of guanidine groups is 1. The van der Waals surface area contributed by atoms with Crippen molar-refractivity contribution in [2.24, 2.45) is 16.8 Å². The molecule has 1 aromatic heterocycles. The van der Waals surface area contributed by atoms with Crippen LogP contribution >= 0.6 is 0 Å². The average Bonchev–Trinajstić information content (AvgIpc) is 3.40. The summed E-state index contributed by atoms with van der Waals surface area (Å²) < 4.78 is 6.04. The molecular formula is C20H29N5O2. The number of rotatable bonds is 5. The molecule has 27 heavy (non-hydrogen) atoms. The summed E-state index contributed by atoms with van der Waals surface area (Å²) in [6.45, 7) is 2.88. The fourth-order valence-corrected chi connectivity index (χ4v) is 4.71. The first-order valence-electron chi connectivity index (χ1n) is 9.90. The molecule has 146 valence electrons. The van der Waals surface area contributed by atoms with Gasteiger partial charge in [0.25, 0.3) is 0 Å². The van der Waals surface area contributed by atoms with Crippen molar-refractivity contribution in [3.05, 3.63) is 30.1 Å². The number of hydrogen-bond donors (Lipinski definition) is 1. The number of pyridine rings is 1. The molecule has 4 heterocycles. The summed E-state index contributed by atoms with van der Waals surface area (Å²) in [5.74, 6) is 2.14. The maximum atomic E-state index is 12.5. The quantitative estimate of drug-likeness (QED) is 0.612. The summed E-state index contributed by atoms with van der Waals surface area (Å²) in [6.07, 6.45) is 5.81. The Balaban J connectivity index is 1.24. The van der Waals surface area contributed by atoms with E-state index in [1.807, 2.05) is 25.2 Å². The number of likely N-dealkylation sites (N-methyl/N-ethyl adjacent to an activating group) is 1. The minimum atomic E-state index is 0.0647. The summed E-state index contributed by atoms with van der Waals surface area (Å²) in [6, 6.07) is 5.86.